The summed E-state index contributed by atoms with van der Waals surface area (Å²) in [7, 11) is -4.06. The van der Waals surface area contributed by atoms with Crippen LogP contribution in [0.4, 0.5) is 0 Å². The number of benzene rings is 1. The first kappa shape index (κ1) is 12.5. The molecule has 1 radical (unpaired) electrons. The van der Waals surface area contributed by atoms with Crippen LogP contribution in [0.15, 0.2) is 33.6 Å². The molecule has 0 amide bonds. The van der Waals surface area contributed by atoms with Crippen LogP contribution in [0, 0.1) is 0 Å². The molecule has 0 bridgehead atoms. The maximum absolute atomic E-state index is 10.5. The second kappa shape index (κ2) is 4.68. The van der Waals surface area contributed by atoms with Gasteiger partial charge >= 0.3 is 0 Å². The molecule has 1 N–H and O–H groups in total. The Morgan fingerprint density at radius 1 is 1.33 bits per heavy atom. The summed E-state index contributed by atoms with van der Waals surface area (Å²) in [4.78, 5) is -0.105. The van der Waals surface area contributed by atoms with E-state index < -0.39 is 10.1 Å². The molecule has 0 unspecified atom stereocenters. The largest absolute Gasteiger partial charge is 0.294 e. The van der Waals surface area contributed by atoms with Gasteiger partial charge in [0.2, 0.25) is 0 Å². The van der Waals surface area contributed by atoms with Crippen molar-refractivity contribution in [3.05, 3.63) is 28.7 Å². The Balaban J connectivity index is 0.00000121. The van der Waals surface area contributed by atoms with Crippen molar-refractivity contribution in [2.75, 3.05) is 0 Å². The van der Waals surface area contributed by atoms with Gasteiger partial charge in [0, 0.05) is 31.8 Å². The van der Waals surface area contributed by atoms with Crippen LogP contribution in [0.25, 0.3) is 0 Å². The van der Waals surface area contributed by atoms with Crippen LogP contribution in [0.1, 0.15) is 0 Å². The van der Waals surface area contributed by atoms with Crippen molar-refractivity contribution >= 4 is 53.3 Å². The van der Waals surface area contributed by atoms with Crippen LogP contribution in [-0.4, -0.2) is 40.3 Å². The second-order valence-electron chi connectivity index (χ2n) is 1.93. The molecular formula is C6H5BrO3STl. The van der Waals surface area contributed by atoms with Crippen LogP contribution < -0.4 is 0 Å². The molecule has 0 saturated carbocycles. The Bertz CT molecular complexity index is 363. The summed E-state index contributed by atoms with van der Waals surface area (Å²) in [5.74, 6) is 0. The topological polar surface area (TPSA) is 54.4 Å². The number of hydrogen-bond acceptors (Lipinski definition) is 2. The average Bonchev–Trinajstić information content (AvgIpc) is 1.86. The second-order valence-corrected chi connectivity index (χ2v) is 4.27. The average molecular weight is 441 g/mol. The predicted molar refractivity (Wildman–Crippen MR) is 49.7 cm³/mol. The molecule has 0 saturated heterocycles. The number of hydrogen-bond donors (Lipinski definition) is 1. The molecule has 1 aromatic rings. The zero-order valence-electron chi connectivity index (χ0n) is 5.94. The summed E-state index contributed by atoms with van der Waals surface area (Å²) < 4.78 is 30.2. The fraction of sp³-hybridized carbons (Fsp3) is 0. The third-order valence-corrected chi connectivity index (χ3v) is 2.44. The van der Waals surface area contributed by atoms with Crippen LogP contribution in [-0.2, 0) is 10.1 Å². The van der Waals surface area contributed by atoms with E-state index in [0.717, 1.165) is 0 Å². The van der Waals surface area contributed by atoms with Gasteiger partial charge in [0.15, 0.2) is 0 Å². The van der Waals surface area contributed by atoms with Gasteiger partial charge in [-0.15, -0.1) is 0 Å². The van der Waals surface area contributed by atoms with E-state index in [1.807, 2.05) is 0 Å². The number of rotatable bonds is 1. The molecule has 0 aliphatic heterocycles. The summed E-state index contributed by atoms with van der Waals surface area (Å²) in [6.07, 6.45) is 0. The van der Waals surface area contributed by atoms with Gasteiger partial charge in [0.25, 0.3) is 10.1 Å². The number of halogens is 1. The Morgan fingerprint density at radius 3 is 2.25 bits per heavy atom. The molecule has 0 atom stereocenters. The van der Waals surface area contributed by atoms with E-state index in [9.17, 15) is 8.42 Å². The maximum Gasteiger partial charge on any atom is 0.294 e. The zero-order chi connectivity index (χ0) is 8.48. The minimum absolute atomic E-state index is 0. The standard InChI is InChI=1S/C6H5BrO3S.Tl/c7-5-2-1-3-6(4-5)11(8,9)10;/h1-4H,(H,8,9,10);. The van der Waals surface area contributed by atoms with Crippen molar-refractivity contribution in [3.8, 4) is 0 Å². The van der Waals surface area contributed by atoms with E-state index in [1.54, 1.807) is 6.07 Å². The van der Waals surface area contributed by atoms with Gasteiger partial charge in [0.1, 0.15) is 0 Å². The summed E-state index contributed by atoms with van der Waals surface area (Å²) in [6, 6.07) is 5.86. The maximum atomic E-state index is 10.5. The quantitative estimate of drug-likeness (QED) is 0.528. The minimum Gasteiger partial charge on any atom is -0.282 e. The van der Waals surface area contributed by atoms with Gasteiger partial charge < -0.3 is 0 Å². The van der Waals surface area contributed by atoms with Crippen molar-refractivity contribution in [2.45, 2.75) is 4.90 Å². The molecule has 0 aliphatic rings. The molecule has 6 heteroatoms. The Labute approximate surface area is 99.2 Å². The first-order valence-corrected chi connectivity index (χ1v) is 4.96. The van der Waals surface area contributed by atoms with Crippen molar-refractivity contribution in [1.82, 2.24) is 0 Å². The summed E-state index contributed by atoms with van der Waals surface area (Å²) in [5.41, 5.74) is 0. The van der Waals surface area contributed by atoms with E-state index in [2.05, 4.69) is 15.9 Å². The molecule has 63 valence electrons. The van der Waals surface area contributed by atoms with Crippen LogP contribution in [0.2, 0.25) is 0 Å². The van der Waals surface area contributed by atoms with E-state index in [1.165, 1.54) is 18.2 Å². The van der Waals surface area contributed by atoms with Gasteiger partial charge in [-0.25, -0.2) is 0 Å². The van der Waals surface area contributed by atoms with Gasteiger partial charge in [-0.2, -0.15) is 8.42 Å². The molecular weight excluding hydrogens is 436 g/mol. The molecule has 1 rings (SSSR count). The monoisotopic (exact) mass is 441 g/mol. The molecule has 3 nitrogen and oxygen atoms in total. The molecule has 0 aromatic heterocycles. The van der Waals surface area contributed by atoms with E-state index in [4.69, 9.17) is 4.55 Å². The van der Waals surface area contributed by atoms with Crippen molar-refractivity contribution in [1.29, 1.82) is 0 Å². The van der Waals surface area contributed by atoms with Crippen LogP contribution >= 0.6 is 15.9 Å². The van der Waals surface area contributed by atoms with Crippen LogP contribution in [0.5, 0.6) is 0 Å². The van der Waals surface area contributed by atoms with Gasteiger partial charge in [0.05, 0.1) is 4.90 Å². The first-order valence-electron chi connectivity index (χ1n) is 2.73. The third kappa shape index (κ3) is 3.50. The van der Waals surface area contributed by atoms with Gasteiger partial charge in [-0.05, 0) is 18.2 Å². The zero-order valence-corrected chi connectivity index (χ0v) is 12.8. The molecule has 1 aromatic carbocycles. The van der Waals surface area contributed by atoms with Crippen LogP contribution in [0.3, 0.4) is 0 Å². The molecule has 0 aliphatic carbocycles. The van der Waals surface area contributed by atoms with Crippen molar-refractivity contribution < 1.29 is 13.0 Å². The Morgan fingerprint density at radius 2 is 1.92 bits per heavy atom. The predicted octanol–water partition coefficient (Wildman–Crippen LogP) is 1.32. The fourth-order valence-corrected chi connectivity index (χ4v) is 1.70. The van der Waals surface area contributed by atoms with Gasteiger partial charge in [-0.3, -0.25) is 4.55 Å². The van der Waals surface area contributed by atoms with Gasteiger partial charge in [-0.1, -0.05) is 22.0 Å². The van der Waals surface area contributed by atoms with Crippen molar-refractivity contribution in [3.63, 3.8) is 0 Å². The molecule has 0 spiro atoms. The summed E-state index contributed by atoms with van der Waals surface area (Å²) >= 11 is 3.08. The first-order chi connectivity index (χ1) is 5.00. The molecule has 0 fully saturated rings. The fourth-order valence-electron chi connectivity index (χ4n) is 0.627. The molecule has 12 heavy (non-hydrogen) atoms. The van der Waals surface area contributed by atoms with E-state index in [0.29, 0.717) is 4.47 Å². The van der Waals surface area contributed by atoms with Crippen molar-refractivity contribution in [2.24, 2.45) is 0 Å². The smallest absolute Gasteiger partial charge is 0.282 e. The Hall–Kier alpha value is 0.532. The Kier molecular flexibility index (Phi) is 4.89. The van der Waals surface area contributed by atoms with E-state index >= 15 is 0 Å². The third-order valence-electron chi connectivity index (χ3n) is 1.09. The summed E-state index contributed by atoms with van der Waals surface area (Å²) in [5, 5.41) is 0. The SMILES string of the molecule is O=S(=O)(O)c1cccc(Br)c1.[Tl]. The molecule has 0 heterocycles. The normalized spacial score (nSPS) is 10.5. The minimum atomic E-state index is -4.06. The van der Waals surface area contributed by atoms with E-state index in [-0.39, 0.29) is 32.2 Å². The summed E-state index contributed by atoms with van der Waals surface area (Å²) in [6.45, 7) is 0.